The first-order valence-corrected chi connectivity index (χ1v) is 7.73. The highest BCUT2D eigenvalue weighted by Gasteiger charge is 2.47. The summed E-state index contributed by atoms with van der Waals surface area (Å²) in [4.78, 5) is 15.0. The van der Waals surface area contributed by atoms with E-state index < -0.39 is 5.54 Å². The molecule has 4 heteroatoms. The van der Waals surface area contributed by atoms with Crippen LogP contribution in [0.3, 0.4) is 0 Å². The first kappa shape index (κ1) is 14.8. The van der Waals surface area contributed by atoms with Gasteiger partial charge in [0.1, 0.15) is 5.54 Å². The molecule has 2 saturated heterocycles. The van der Waals surface area contributed by atoms with Gasteiger partial charge in [0.15, 0.2) is 0 Å². The Labute approximate surface area is 116 Å². The van der Waals surface area contributed by atoms with Crippen molar-refractivity contribution in [3.8, 4) is 0 Å². The molecular weight excluding hydrogens is 240 g/mol. The Kier molecular flexibility index (Phi) is 4.85. The van der Waals surface area contributed by atoms with Gasteiger partial charge < -0.3 is 15.0 Å². The largest absolute Gasteiger partial charge is 0.465 e. The second kappa shape index (κ2) is 6.23. The van der Waals surface area contributed by atoms with Crippen molar-refractivity contribution in [2.24, 2.45) is 5.92 Å². The van der Waals surface area contributed by atoms with Crippen molar-refractivity contribution in [1.82, 2.24) is 10.2 Å². The van der Waals surface area contributed by atoms with Gasteiger partial charge in [-0.3, -0.25) is 4.79 Å². The molecule has 0 radical (unpaired) electrons. The highest BCUT2D eigenvalue weighted by atomic mass is 16.5. The minimum absolute atomic E-state index is 0.0396. The monoisotopic (exact) mass is 268 g/mol. The molecule has 2 heterocycles. The lowest BCUT2D eigenvalue weighted by Gasteiger charge is -2.43. The fourth-order valence-electron chi connectivity index (χ4n) is 3.35. The van der Waals surface area contributed by atoms with E-state index in [4.69, 9.17) is 4.74 Å². The molecule has 0 aliphatic carbocycles. The Hall–Kier alpha value is -0.610. The van der Waals surface area contributed by atoms with E-state index in [0.717, 1.165) is 25.9 Å². The fourth-order valence-corrected chi connectivity index (χ4v) is 3.35. The normalized spacial score (nSPS) is 31.5. The van der Waals surface area contributed by atoms with Crippen molar-refractivity contribution < 1.29 is 9.53 Å². The smallest absolute Gasteiger partial charge is 0.326 e. The van der Waals surface area contributed by atoms with Gasteiger partial charge in [0.25, 0.3) is 0 Å². The first-order valence-electron chi connectivity index (χ1n) is 7.73. The van der Waals surface area contributed by atoms with Crippen molar-refractivity contribution in [1.29, 1.82) is 0 Å². The highest BCUT2D eigenvalue weighted by molar-refractivity contribution is 5.81. The number of esters is 1. The Morgan fingerprint density at radius 1 is 1.47 bits per heavy atom. The van der Waals surface area contributed by atoms with E-state index in [1.54, 1.807) is 0 Å². The molecule has 1 N–H and O–H groups in total. The van der Waals surface area contributed by atoms with Crippen molar-refractivity contribution in [2.45, 2.75) is 58.0 Å². The maximum Gasteiger partial charge on any atom is 0.326 e. The molecular formula is C15H28N2O2. The molecule has 2 aliphatic heterocycles. The second-order valence-electron chi connectivity index (χ2n) is 6.36. The predicted octanol–water partition coefficient (Wildman–Crippen LogP) is 1.79. The summed E-state index contributed by atoms with van der Waals surface area (Å²) in [5.41, 5.74) is -0.439. The number of carbonyl (C=O) groups excluding carboxylic acids is 1. The predicted molar refractivity (Wildman–Crippen MR) is 76.0 cm³/mol. The Morgan fingerprint density at radius 3 is 2.95 bits per heavy atom. The molecule has 0 aromatic carbocycles. The summed E-state index contributed by atoms with van der Waals surface area (Å²) in [6, 6.07) is 0.567. The Morgan fingerprint density at radius 2 is 2.26 bits per heavy atom. The summed E-state index contributed by atoms with van der Waals surface area (Å²) in [6.07, 6.45) is 4.30. The highest BCUT2D eigenvalue weighted by Crippen LogP contribution is 2.34. The van der Waals surface area contributed by atoms with Crippen LogP contribution in [0.25, 0.3) is 0 Å². The van der Waals surface area contributed by atoms with Crippen LogP contribution < -0.4 is 5.32 Å². The Bertz CT molecular complexity index is 319. The van der Waals surface area contributed by atoms with Gasteiger partial charge in [0.2, 0.25) is 0 Å². The quantitative estimate of drug-likeness (QED) is 0.772. The number of hydrogen-bond donors (Lipinski definition) is 1. The zero-order valence-corrected chi connectivity index (χ0v) is 12.6. The zero-order chi connectivity index (χ0) is 13.9. The van der Waals surface area contributed by atoms with Crippen LogP contribution in [-0.4, -0.2) is 48.7 Å². The number of nitrogens with zero attached hydrogens (tertiary/aromatic N) is 1. The van der Waals surface area contributed by atoms with Gasteiger partial charge in [-0.1, -0.05) is 13.8 Å². The van der Waals surface area contributed by atoms with E-state index in [-0.39, 0.29) is 5.97 Å². The average Bonchev–Trinajstić information content (AvgIpc) is 2.83. The van der Waals surface area contributed by atoms with E-state index in [1.165, 1.54) is 19.4 Å². The van der Waals surface area contributed by atoms with Gasteiger partial charge >= 0.3 is 5.97 Å². The maximum atomic E-state index is 12.4. The lowest BCUT2D eigenvalue weighted by atomic mass is 9.82. The molecule has 19 heavy (non-hydrogen) atoms. The van der Waals surface area contributed by atoms with Crippen molar-refractivity contribution in [3.63, 3.8) is 0 Å². The number of hydrogen-bond acceptors (Lipinski definition) is 4. The number of rotatable bonds is 5. The van der Waals surface area contributed by atoms with Crippen LogP contribution in [0.4, 0.5) is 0 Å². The lowest BCUT2D eigenvalue weighted by Crippen LogP contribution is -2.61. The standard InChI is InChI=1S/C15H28N2O2/c1-4-19-14(18)15(16-11-12(2)3)7-9-17-8-5-6-13(17)10-15/h12-13,16H,4-11H2,1-3H3. The minimum atomic E-state index is -0.439. The SMILES string of the molecule is CCOC(=O)C1(NCC(C)C)CCN2CCCC2C1. The third-order valence-corrected chi connectivity index (χ3v) is 4.42. The van der Waals surface area contributed by atoms with Gasteiger partial charge in [0.05, 0.1) is 6.61 Å². The molecule has 2 fully saturated rings. The molecule has 0 amide bonds. The van der Waals surface area contributed by atoms with Gasteiger partial charge in [-0.05, 0) is 51.6 Å². The van der Waals surface area contributed by atoms with Crippen molar-refractivity contribution in [2.75, 3.05) is 26.2 Å². The summed E-state index contributed by atoms with van der Waals surface area (Å²) >= 11 is 0. The molecule has 2 aliphatic rings. The van der Waals surface area contributed by atoms with Gasteiger partial charge in [-0.25, -0.2) is 0 Å². The van der Waals surface area contributed by atoms with Crippen molar-refractivity contribution in [3.05, 3.63) is 0 Å². The van der Waals surface area contributed by atoms with Crippen LogP contribution in [0.15, 0.2) is 0 Å². The van der Waals surface area contributed by atoms with Crippen LogP contribution in [-0.2, 0) is 9.53 Å². The minimum Gasteiger partial charge on any atom is -0.465 e. The molecule has 2 rings (SSSR count). The molecule has 0 saturated carbocycles. The van der Waals surface area contributed by atoms with Crippen LogP contribution in [0.2, 0.25) is 0 Å². The van der Waals surface area contributed by atoms with E-state index in [1.807, 2.05) is 6.92 Å². The van der Waals surface area contributed by atoms with Gasteiger partial charge in [0, 0.05) is 12.6 Å². The average molecular weight is 268 g/mol. The summed E-state index contributed by atoms with van der Waals surface area (Å²) < 4.78 is 5.35. The van der Waals surface area contributed by atoms with Crippen LogP contribution >= 0.6 is 0 Å². The van der Waals surface area contributed by atoms with Gasteiger partial charge in [-0.15, -0.1) is 0 Å². The fraction of sp³-hybridized carbons (Fsp3) is 0.933. The zero-order valence-electron chi connectivity index (χ0n) is 12.6. The van der Waals surface area contributed by atoms with Gasteiger partial charge in [-0.2, -0.15) is 0 Å². The number of ether oxygens (including phenoxy) is 1. The van der Waals surface area contributed by atoms with Crippen LogP contribution in [0.5, 0.6) is 0 Å². The van der Waals surface area contributed by atoms with E-state index >= 15 is 0 Å². The van der Waals surface area contributed by atoms with E-state index in [0.29, 0.717) is 18.6 Å². The molecule has 0 aromatic rings. The number of carbonyl (C=O) groups is 1. The molecule has 4 nitrogen and oxygen atoms in total. The molecule has 110 valence electrons. The molecule has 2 atom stereocenters. The topological polar surface area (TPSA) is 41.6 Å². The maximum absolute atomic E-state index is 12.4. The summed E-state index contributed by atoms with van der Waals surface area (Å²) in [6.45, 7) is 9.82. The summed E-state index contributed by atoms with van der Waals surface area (Å²) in [7, 11) is 0. The molecule has 0 spiro atoms. The van der Waals surface area contributed by atoms with E-state index in [2.05, 4.69) is 24.1 Å². The van der Waals surface area contributed by atoms with Crippen LogP contribution in [0, 0.1) is 5.92 Å². The van der Waals surface area contributed by atoms with E-state index in [9.17, 15) is 4.79 Å². The number of piperidine rings is 1. The Balaban J connectivity index is 2.07. The van der Waals surface area contributed by atoms with Crippen molar-refractivity contribution >= 4 is 5.97 Å². The third-order valence-electron chi connectivity index (χ3n) is 4.42. The third kappa shape index (κ3) is 3.29. The molecule has 0 bridgehead atoms. The second-order valence-corrected chi connectivity index (χ2v) is 6.36. The summed E-state index contributed by atoms with van der Waals surface area (Å²) in [5.74, 6) is 0.509. The number of nitrogens with one attached hydrogen (secondary N) is 1. The van der Waals surface area contributed by atoms with Crippen LogP contribution in [0.1, 0.15) is 46.5 Å². The first-order chi connectivity index (χ1) is 9.07. The number of fused-ring (bicyclic) bond motifs is 1. The molecule has 0 aromatic heterocycles. The molecule has 2 unspecified atom stereocenters. The summed E-state index contributed by atoms with van der Waals surface area (Å²) in [5, 5.41) is 3.53. The lowest BCUT2D eigenvalue weighted by molar-refractivity contribution is -0.154.